The molecule has 0 N–H and O–H groups in total. The number of benzene rings is 3. The second kappa shape index (κ2) is 7.89. The summed E-state index contributed by atoms with van der Waals surface area (Å²) in [5, 5.41) is 0. The molecule has 0 spiro atoms. The number of rotatable bonds is 5. The summed E-state index contributed by atoms with van der Waals surface area (Å²) >= 11 is 0. The molecule has 160 valence electrons. The van der Waals surface area contributed by atoms with E-state index < -0.39 is 0 Å². The first kappa shape index (κ1) is 19.9. The first-order valence-corrected chi connectivity index (χ1v) is 10.4. The highest BCUT2D eigenvalue weighted by Gasteiger charge is 2.44. The number of para-hydroxylation sites is 2. The highest BCUT2D eigenvalue weighted by atomic mass is 16.5. The lowest BCUT2D eigenvalue weighted by molar-refractivity contribution is -0.120. The van der Waals surface area contributed by atoms with Crippen molar-refractivity contribution >= 4 is 28.8 Å². The number of hydrogen-bond acceptors (Lipinski definition) is 5. The summed E-state index contributed by atoms with van der Waals surface area (Å²) in [6.45, 7) is 0.623. The number of ether oxygens (including phenoxy) is 2. The van der Waals surface area contributed by atoms with Crippen LogP contribution in [0.4, 0.5) is 11.4 Å². The molecule has 6 heteroatoms. The molecule has 0 saturated heterocycles. The summed E-state index contributed by atoms with van der Waals surface area (Å²) in [7, 11) is 3.11. The molecule has 0 atom stereocenters. The normalized spacial score (nSPS) is 15.4. The van der Waals surface area contributed by atoms with Gasteiger partial charge in [0, 0.05) is 23.9 Å². The van der Waals surface area contributed by atoms with Crippen molar-refractivity contribution in [2.45, 2.75) is 6.42 Å². The van der Waals surface area contributed by atoms with Crippen molar-refractivity contribution in [2.75, 3.05) is 30.6 Å². The molecule has 2 aliphatic heterocycles. The molecule has 32 heavy (non-hydrogen) atoms. The van der Waals surface area contributed by atoms with Crippen LogP contribution < -0.4 is 19.3 Å². The van der Waals surface area contributed by atoms with E-state index in [1.165, 1.54) is 4.90 Å². The fourth-order valence-corrected chi connectivity index (χ4v) is 4.42. The zero-order valence-electron chi connectivity index (χ0n) is 17.9. The fourth-order valence-electron chi connectivity index (χ4n) is 4.42. The van der Waals surface area contributed by atoms with Gasteiger partial charge in [0.1, 0.15) is 17.2 Å². The lowest BCUT2D eigenvalue weighted by Crippen LogP contribution is -2.34. The van der Waals surface area contributed by atoms with E-state index >= 15 is 0 Å². The minimum Gasteiger partial charge on any atom is -0.497 e. The van der Waals surface area contributed by atoms with Gasteiger partial charge in [0.25, 0.3) is 11.8 Å². The summed E-state index contributed by atoms with van der Waals surface area (Å²) in [5.74, 6) is 0.371. The average molecular weight is 426 g/mol. The Hall–Kier alpha value is -4.06. The third kappa shape index (κ3) is 3.03. The Balaban J connectivity index is 1.71. The van der Waals surface area contributed by atoms with Crippen LogP contribution in [0.3, 0.4) is 0 Å². The number of carbonyl (C=O) groups is 2. The van der Waals surface area contributed by atoms with E-state index in [-0.39, 0.29) is 11.8 Å². The maximum Gasteiger partial charge on any atom is 0.282 e. The van der Waals surface area contributed by atoms with Crippen molar-refractivity contribution in [3.05, 3.63) is 89.6 Å². The predicted octanol–water partition coefficient (Wildman–Crippen LogP) is 4.05. The topological polar surface area (TPSA) is 59.1 Å². The molecule has 0 fully saturated rings. The Labute approximate surface area is 186 Å². The molecule has 0 radical (unpaired) electrons. The van der Waals surface area contributed by atoms with Gasteiger partial charge in [-0.1, -0.05) is 42.5 Å². The number of hydrogen-bond donors (Lipinski definition) is 0. The molecule has 6 nitrogen and oxygen atoms in total. The number of nitrogens with zero attached hydrogens (tertiary/aromatic N) is 2. The summed E-state index contributed by atoms with van der Waals surface area (Å²) in [6, 6.07) is 22.2. The second-order valence-corrected chi connectivity index (χ2v) is 7.60. The second-order valence-electron chi connectivity index (χ2n) is 7.60. The maximum atomic E-state index is 13.8. The van der Waals surface area contributed by atoms with Crippen molar-refractivity contribution in [1.29, 1.82) is 0 Å². The van der Waals surface area contributed by atoms with Crippen LogP contribution >= 0.6 is 0 Å². The number of anilines is 2. The van der Waals surface area contributed by atoms with Gasteiger partial charge in [-0.2, -0.15) is 0 Å². The smallest absolute Gasteiger partial charge is 0.282 e. The third-order valence-electron chi connectivity index (χ3n) is 5.90. The van der Waals surface area contributed by atoms with E-state index in [1.807, 2.05) is 41.3 Å². The molecule has 5 rings (SSSR count). The SMILES string of the molecule is COc1cccc(N2C(=O)C(c3ccccc3OC)=C(N3CCc4ccccc43)C2=O)c1. The average Bonchev–Trinajstić information content (AvgIpc) is 3.36. The van der Waals surface area contributed by atoms with E-state index in [1.54, 1.807) is 44.6 Å². The van der Waals surface area contributed by atoms with E-state index in [0.29, 0.717) is 40.6 Å². The molecule has 2 aliphatic rings. The van der Waals surface area contributed by atoms with Crippen LogP contribution in [0.1, 0.15) is 11.1 Å². The third-order valence-corrected chi connectivity index (χ3v) is 5.90. The van der Waals surface area contributed by atoms with Gasteiger partial charge in [-0.3, -0.25) is 9.59 Å². The molecule has 0 aliphatic carbocycles. The molecular formula is C26H22N2O4. The van der Waals surface area contributed by atoms with Crippen LogP contribution in [0.2, 0.25) is 0 Å². The highest BCUT2D eigenvalue weighted by Crippen LogP contribution is 2.42. The van der Waals surface area contributed by atoms with Crippen molar-refractivity contribution in [1.82, 2.24) is 0 Å². The number of amides is 2. The quantitative estimate of drug-likeness (QED) is 0.576. The van der Waals surface area contributed by atoms with Crippen molar-refractivity contribution in [2.24, 2.45) is 0 Å². The van der Waals surface area contributed by atoms with Gasteiger partial charge in [0.05, 0.1) is 25.5 Å². The number of methoxy groups -OCH3 is 2. The fraction of sp³-hybridized carbons (Fsp3) is 0.154. The molecule has 2 heterocycles. The molecule has 2 amide bonds. The molecule has 0 saturated carbocycles. The van der Waals surface area contributed by atoms with Crippen LogP contribution in [0.25, 0.3) is 5.57 Å². The Morgan fingerprint density at radius 2 is 1.59 bits per heavy atom. The van der Waals surface area contributed by atoms with Gasteiger partial charge in [0.2, 0.25) is 0 Å². The zero-order chi connectivity index (χ0) is 22.2. The molecule has 0 aromatic heterocycles. The van der Waals surface area contributed by atoms with Gasteiger partial charge >= 0.3 is 0 Å². The molecular weight excluding hydrogens is 404 g/mol. The van der Waals surface area contributed by atoms with Crippen molar-refractivity contribution < 1.29 is 19.1 Å². The standard InChI is InChI=1S/C26H22N2O4/c1-31-19-10-7-9-18(16-19)28-25(29)23(20-11-4-6-13-22(20)32-2)24(26(28)30)27-15-14-17-8-3-5-12-21(17)27/h3-13,16H,14-15H2,1-2H3. The van der Waals surface area contributed by atoms with Crippen LogP contribution in [0.5, 0.6) is 11.5 Å². The van der Waals surface area contributed by atoms with Gasteiger partial charge in [-0.25, -0.2) is 4.90 Å². The van der Waals surface area contributed by atoms with Gasteiger partial charge in [-0.15, -0.1) is 0 Å². The number of carbonyl (C=O) groups excluding carboxylic acids is 2. The zero-order valence-corrected chi connectivity index (χ0v) is 17.9. The predicted molar refractivity (Wildman–Crippen MR) is 123 cm³/mol. The van der Waals surface area contributed by atoms with E-state index in [0.717, 1.165) is 17.7 Å². The monoisotopic (exact) mass is 426 g/mol. The van der Waals surface area contributed by atoms with Crippen LogP contribution in [-0.4, -0.2) is 32.6 Å². The Kier molecular flexibility index (Phi) is 4.90. The van der Waals surface area contributed by atoms with Crippen molar-refractivity contribution in [3.8, 4) is 11.5 Å². The first-order valence-electron chi connectivity index (χ1n) is 10.4. The first-order chi connectivity index (χ1) is 15.6. The maximum absolute atomic E-state index is 13.8. The largest absolute Gasteiger partial charge is 0.497 e. The molecule has 0 unspecified atom stereocenters. The summed E-state index contributed by atoms with van der Waals surface area (Å²) in [4.78, 5) is 30.8. The van der Waals surface area contributed by atoms with Gasteiger partial charge in [0.15, 0.2) is 0 Å². The summed E-state index contributed by atoms with van der Waals surface area (Å²) in [6.07, 6.45) is 0.805. The molecule has 3 aromatic carbocycles. The summed E-state index contributed by atoms with van der Waals surface area (Å²) < 4.78 is 10.9. The Morgan fingerprint density at radius 1 is 0.812 bits per heavy atom. The lowest BCUT2D eigenvalue weighted by atomic mass is 10.0. The molecule has 3 aromatic rings. The minimum absolute atomic E-state index is 0.340. The van der Waals surface area contributed by atoms with Crippen molar-refractivity contribution in [3.63, 3.8) is 0 Å². The lowest BCUT2D eigenvalue weighted by Gasteiger charge is -2.22. The Bertz CT molecular complexity index is 1260. The molecule has 0 bridgehead atoms. The summed E-state index contributed by atoms with van der Waals surface area (Å²) in [5.41, 5.74) is 3.87. The van der Waals surface area contributed by atoms with Gasteiger partial charge in [-0.05, 0) is 36.2 Å². The van der Waals surface area contributed by atoms with Crippen LogP contribution in [0.15, 0.2) is 78.5 Å². The van der Waals surface area contributed by atoms with Crippen LogP contribution in [0, 0.1) is 0 Å². The Morgan fingerprint density at radius 3 is 2.41 bits per heavy atom. The number of imide groups is 1. The van der Waals surface area contributed by atoms with E-state index in [4.69, 9.17) is 9.47 Å². The highest BCUT2D eigenvalue weighted by molar-refractivity contribution is 6.46. The van der Waals surface area contributed by atoms with Crippen LogP contribution in [-0.2, 0) is 16.0 Å². The van der Waals surface area contributed by atoms with E-state index in [2.05, 4.69) is 6.07 Å². The van der Waals surface area contributed by atoms with E-state index in [9.17, 15) is 9.59 Å². The minimum atomic E-state index is -0.382. The number of fused-ring (bicyclic) bond motifs is 1. The van der Waals surface area contributed by atoms with Gasteiger partial charge < -0.3 is 14.4 Å².